The maximum atomic E-state index is 11.0. The van der Waals surface area contributed by atoms with Gasteiger partial charge in [0, 0.05) is 6.54 Å². The van der Waals surface area contributed by atoms with E-state index in [1.807, 2.05) is 18.9 Å². The van der Waals surface area contributed by atoms with Gasteiger partial charge in [-0.15, -0.1) is 0 Å². The van der Waals surface area contributed by atoms with Crippen LogP contribution < -0.4 is 5.73 Å². The van der Waals surface area contributed by atoms with Crippen molar-refractivity contribution in [1.29, 1.82) is 0 Å². The highest BCUT2D eigenvalue weighted by molar-refractivity contribution is 5.75. The second-order valence-corrected chi connectivity index (χ2v) is 2.71. The summed E-state index contributed by atoms with van der Waals surface area (Å²) in [6, 6.07) is -0.519. The van der Waals surface area contributed by atoms with Crippen molar-refractivity contribution in [2.75, 3.05) is 26.7 Å². The third kappa shape index (κ3) is 4.31. The summed E-state index contributed by atoms with van der Waals surface area (Å²) in [6.07, 6.45) is 0. The van der Waals surface area contributed by atoms with E-state index in [1.165, 1.54) is 0 Å². The van der Waals surface area contributed by atoms with Crippen molar-refractivity contribution in [1.82, 2.24) is 4.90 Å². The highest BCUT2D eigenvalue weighted by Gasteiger charge is 2.15. The molecule has 4 nitrogen and oxygen atoms in total. The fourth-order valence-corrected chi connectivity index (χ4v) is 0.789. The van der Waals surface area contributed by atoms with Gasteiger partial charge in [-0.05, 0) is 20.5 Å². The Morgan fingerprint density at radius 3 is 2.58 bits per heavy atom. The van der Waals surface area contributed by atoms with Gasteiger partial charge in [0.25, 0.3) is 0 Å². The fourth-order valence-electron chi connectivity index (χ4n) is 0.789. The van der Waals surface area contributed by atoms with Gasteiger partial charge < -0.3 is 15.4 Å². The first kappa shape index (κ1) is 11.4. The zero-order valence-electron chi connectivity index (χ0n) is 8.04. The van der Waals surface area contributed by atoms with E-state index >= 15 is 0 Å². The van der Waals surface area contributed by atoms with E-state index in [1.54, 1.807) is 6.92 Å². The Hall–Kier alpha value is -0.610. The lowest BCUT2D eigenvalue weighted by Gasteiger charge is -2.17. The minimum Gasteiger partial charge on any atom is -0.465 e. The molecule has 0 fully saturated rings. The lowest BCUT2D eigenvalue weighted by atomic mass is 10.3. The first-order valence-electron chi connectivity index (χ1n) is 4.22. The molecular formula is C8H18N2O2. The summed E-state index contributed by atoms with van der Waals surface area (Å²) in [5, 5.41) is 0. The summed E-state index contributed by atoms with van der Waals surface area (Å²) in [6.45, 7) is 5.61. The maximum Gasteiger partial charge on any atom is 0.324 e. The van der Waals surface area contributed by atoms with E-state index in [0.29, 0.717) is 13.2 Å². The van der Waals surface area contributed by atoms with Crippen LogP contribution in [0.25, 0.3) is 0 Å². The van der Waals surface area contributed by atoms with Crippen LogP contribution in [0.15, 0.2) is 0 Å². The van der Waals surface area contributed by atoms with E-state index in [4.69, 9.17) is 10.5 Å². The molecule has 0 radical (unpaired) electrons. The molecule has 0 heterocycles. The second-order valence-electron chi connectivity index (χ2n) is 2.71. The fraction of sp³-hybridized carbons (Fsp3) is 0.875. The number of carbonyl (C=O) groups excluding carboxylic acids is 1. The van der Waals surface area contributed by atoms with E-state index in [2.05, 4.69) is 0 Å². The number of hydrogen-bond acceptors (Lipinski definition) is 4. The molecule has 12 heavy (non-hydrogen) atoms. The number of nitrogens with zero attached hydrogens (tertiary/aromatic N) is 1. The summed E-state index contributed by atoms with van der Waals surface area (Å²) in [5.41, 5.74) is 5.56. The average Bonchev–Trinajstić information content (AvgIpc) is 2.04. The van der Waals surface area contributed by atoms with Crippen molar-refractivity contribution in [2.24, 2.45) is 5.73 Å². The van der Waals surface area contributed by atoms with E-state index in [9.17, 15) is 4.79 Å². The third-order valence-corrected chi connectivity index (χ3v) is 1.64. The summed E-state index contributed by atoms with van der Waals surface area (Å²) >= 11 is 0. The smallest absolute Gasteiger partial charge is 0.324 e. The van der Waals surface area contributed by atoms with Crippen LogP contribution >= 0.6 is 0 Å². The lowest BCUT2D eigenvalue weighted by molar-refractivity contribution is -0.145. The van der Waals surface area contributed by atoms with Gasteiger partial charge in [-0.3, -0.25) is 4.79 Å². The Balaban J connectivity index is 3.70. The Morgan fingerprint density at radius 2 is 2.17 bits per heavy atom. The highest BCUT2D eigenvalue weighted by atomic mass is 16.5. The third-order valence-electron chi connectivity index (χ3n) is 1.64. The molecule has 0 aliphatic rings. The Morgan fingerprint density at radius 1 is 1.58 bits per heavy atom. The largest absolute Gasteiger partial charge is 0.465 e. The molecule has 0 aromatic carbocycles. The quantitative estimate of drug-likeness (QED) is 0.588. The molecule has 72 valence electrons. The number of likely N-dealkylation sites (N-methyl/N-ethyl adjacent to an activating group) is 1. The Labute approximate surface area is 73.7 Å². The maximum absolute atomic E-state index is 11.0. The van der Waals surface area contributed by atoms with Gasteiger partial charge >= 0.3 is 5.97 Å². The van der Waals surface area contributed by atoms with Crippen LogP contribution in [0.1, 0.15) is 13.8 Å². The molecule has 0 aliphatic heterocycles. The molecule has 0 bridgehead atoms. The van der Waals surface area contributed by atoms with Gasteiger partial charge in [0.05, 0.1) is 6.61 Å². The van der Waals surface area contributed by atoms with Crippen LogP contribution in [-0.4, -0.2) is 43.7 Å². The zero-order chi connectivity index (χ0) is 9.56. The monoisotopic (exact) mass is 174 g/mol. The van der Waals surface area contributed by atoms with Crippen molar-refractivity contribution in [3.63, 3.8) is 0 Å². The molecule has 0 aromatic heterocycles. The molecule has 0 saturated heterocycles. The number of nitrogens with two attached hydrogens (primary N) is 1. The van der Waals surface area contributed by atoms with Gasteiger partial charge in [0.15, 0.2) is 0 Å². The molecule has 0 rings (SSSR count). The molecule has 0 amide bonds. The number of rotatable bonds is 5. The van der Waals surface area contributed by atoms with E-state index in [-0.39, 0.29) is 5.97 Å². The van der Waals surface area contributed by atoms with Crippen molar-refractivity contribution in [3.05, 3.63) is 0 Å². The zero-order valence-corrected chi connectivity index (χ0v) is 8.04. The van der Waals surface area contributed by atoms with Crippen LogP contribution in [0, 0.1) is 0 Å². The van der Waals surface area contributed by atoms with Gasteiger partial charge in [-0.25, -0.2) is 0 Å². The van der Waals surface area contributed by atoms with Crippen molar-refractivity contribution >= 4 is 5.97 Å². The average molecular weight is 174 g/mol. The lowest BCUT2D eigenvalue weighted by Crippen LogP contribution is -2.42. The molecule has 0 saturated carbocycles. The van der Waals surface area contributed by atoms with Crippen molar-refractivity contribution in [2.45, 2.75) is 19.9 Å². The molecule has 0 spiro atoms. The molecule has 0 aromatic rings. The first-order valence-corrected chi connectivity index (χ1v) is 4.22. The van der Waals surface area contributed by atoms with Crippen LogP contribution in [0.4, 0.5) is 0 Å². The van der Waals surface area contributed by atoms with E-state index in [0.717, 1.165) is 6.54 Å². The van der Waals surface area contributed by atoms with Gasteiger partial charge in [-0.1, -0.05) is 6.92 Å². The minimum atomic E-state index is -0.519. The molecule has 1 atom stereocenters. The van der Waals surface area contributed by atoms with Crippen LogP contribution in [-0.2, 0) is 9.53 Å². The molecule has 2 N–H and O–H groups in total. The molecule has 4 heteroatoms. The number of esters is 1. The number of ether oxygens (including phenoxy) is 1. The van der Waals surface area contributed by atoms with E-state index < -0.39 is 6.04 Å². The Bertz CT molecular complexity index is 139. The standard InChI is InChI=1S/C8H18N2O2/c1-4-10(3)6-7(9)8(11)12-5-2/h7H,4-6,9H2,1-3H3. The summed E-state index contributed by atoms with van der Waals surface area (Å²) in [7, 11) is 1.92. The molecule has 1 unspecified atom stereocenters. The van der Waals surface area contributed by atoms with Gasteiger partial charge in [0.2, 0.25) is 0 Å². The summed E-state index contributed by atoms with van der Waals surface area (Å²) in [5.74, 6) is -0.321. The topological polar surface area (TPSA) is 55.6 Å². The molecular weight excluding hydrogens is 156 g/mol. The normalized spacial score (nSPS) is 13.1. The van der Waals surface area contributed by atoms with Crippen molar-refractivity contribution in [3.8, 4) is 0 Å². The van der Waals surface area contributed by atoms with Crippen LogP contribution in [0.2, 0.25) is 0 Å². The molecule has 0 aliphatic carbocycles. The summed E-state index contributed by atoms with van der Waals surface area (Å²) < 4.78 is 4.76. The highest BCUT2D eigenvalue weighted by Crippen LogP contribution is 1.89. The number of carbonyl (C=O) groups is 1. The SMILES string of the molecule is CCOC(=O)C(N)CN(C)CC. The van der Waals surface area contributed by atoms with Gasteiger partial charge in [0.1, 0.15) is 6.04 Å². The first-order chi connectivity index (χ1) is 5.61. The predicted molar refractivity (Wildman–Crippen MR) is 47.8 cm³/mol. The number of hydrogen-bond donors (Lipinski definition) is 1. The Kier molecular flexibility index (Phi) is 5.66. The van der Waals surface area contributed by atoms with Crippen LogP contribution in [0.3, 0.4) is 0 Å². The second kappa shape index (κ2) is 5.97. The van der Waals surface area contributed by atoms with Crippen LogP contribution in [0.5, 0.6) is 0 Å². The minimum absolute atomic E-state index is 0.321. The van der Waals surface area contributed by atoms with Crippen molar-refractivity contribution < 1.29 is 9.53 Å². The van der Waals surface area contributed by atoms with Gasteiger partial charge in [-0.2, -0.15) is 0 Å². The predicted octanol–water partition coefficient (Wildman–Crippen LogP) is -0.171. The summed E-state index contributed by atoms with van der Waals surface area (Å²) in [4.78, 5) is 13.0.